The molecule has 1 aliphatic heterocycles. The lowest BCUT2D eigenvalue weighted by molar-refractivity contribution is -0.130. The van der Waals surface area contributed by atoms with Crippen LogP contribution >= 0.6 is 11.6 Å². The summed E-state index contributed by atoms with van der Waals surface area (Å²) in [6.45, 7) is 5.98. The number of fused-ring (bicyclic) bond motifs is 1. The number of carbonyl (C=O) groups excluding carboxylic acids is 1. The minimum absolute atomic E-state index is 0.0419. The molecule has 0 bridgehead atoms. The fourth-order valence-electron chi connectivity index (χ4n) is 5.74. The average Bonchev–Trinajstić information content (AvgIpc) is 3.50. The van der Waals surface area contributed by atoms with Crippen LogP contribution in [0.5, 0.6) is 0 Å². The number of aromatic amines is 1. The summed E-state index contributed by atoms with van der Waals surface area (Å²) in [5.41, 5.74) is 2.63. The molecule has 2 aliphatic rings. The highest BCUT2D eigenvalue weighted by atomic mass is 35.5. The molecule has 1 aromatic carbocycles. The number of aromatic nitrogens is 6. The predicted octanol–water partition coefficient (Wildman–Crippen LogP) is 3.98. The molecule has 1 N–H and O–H groups in total. The van der Waals surface area contributed by atoms with Crippen molar-refractivity contribution in [1.29, 1.82) is 0 Å². The first-order valence-electron chi connectivity index (χ1n) is 13.4. The normalized spacial score (nSPS) is 22.2. The number of halogens is 1. The number of imidazole rings is 1. The summed E-state index contributed by atoms with van der Waals surface area (Å²) in [6, 6.07) is 7.52. The fourth-order valence-corrected chi connectivity index (χ4v) is 5.93. The zero-order chi connectivity index (χ0) is 27.3. The number of amides is 1. The molecule has 3 aromatic heterocycles. The van der Waals surface area contributed by atoms with Crippen LogP contribution in [0.2, 0.25) is 5.02 Å². The van der Waals surface area contributed by atoms with Gasteiger partial charge >= 0.3 is 5.76 Å². The van der Waals surface area contributed by atoms with Gasteiger partial charge in [0, 0.05) is 36.8 Å². The number of anilines is 1. The summed E-state index contributed by atoms with van der Waals surface area (Å²) in [7, 11) is 1.83. The Morgan fingerprint density at radius 1 is 1.10 bits per heavy atom. The van der Waals surface area contributed by atoms with Gasteiger partial charge in [-0.2, -0.15) is 4.98 Å². The predicted molar refractivity (Wildman–Crippen MR) is 147 cm³/mol. The van der Waals surface area contributed by atoms with Crippen LogP contribution in [-0.2, 0) is 11.3 Å². The van der Waals surface area contributed by atoms with Gasteiger partial charge < -0.3 is 14.4 Å². The van der Waals surface area contributed by atoms with Gasteiger partial charge in [-0.3, -0.25) is 14.3 Å². The average molecular weight is 551 g/mol. The van der Waals surface area contributed by atoms with Crippen molar-refractivity contribution >= 4 is 34.6 Å². The maximum absolute atomic E-state index is 12.8. The highest BCUT2D eigenvalue weighted by molar-refractivity contribution is 6.30. The third kappa shape index (κ3) is 4.91. The van der Waals surface area contributed by atoms with E-state index in [1.807, 2.05) is 31.3 Å². The van der Waals surface area contributed by atoms with Crippen LogP contribution in [-0.4, -0.2) is 66.6 Å². The summed E-state index contributed by atoms with van der Waals surface area (Å²) in [5, 5.41) is 4.38. The molecule has 1 atom stereocenters. The van der Waals surface area contributed by atoms with E-state index in [4.69, 9.17) is 31.1 Å². The van der Waals surface area contributed by atoms with E-state index in [1.165, 1.54) is 12.8 Å². The highest BCUT2D eigenvalue weighted by Crippen LogP contribution is 2.37. The van der Waals surface area contributed by atoms with Gasteiger partial charge in [0.15, 0.2) is 5.65 Å². The quantitative estimate of drug-likeness (QED) is 0.395. The van der Waals surface area contributed by atoms with Crippen molar-refractivity contribution in [2.45, 2.75) is 52.1 Å². The molecule has 2 fully saturated rings. The van der Waals surface area contributed by atoms with Crippen molar-refractivity contribution in [3.8, 4) is 22.9 Å². The number of hydrogen-bond acceptors (Lipinski definition) is 8. The van der Waals surface area contributed by atoms with Gasteiger partial charge in [-0.1, -0.05) is 48.7 Å². The van der Waals surface area contributed by atoms with Crippen LogP contribution in [0.1, 0.15) is 39.5 Å². The van der Waals surface area contributed by atoms with E-state index in [2.05, 4.69) is 33.5 Å². The summed E-state index contributed by atoms with van der Waals surface area (Å²) in [4.78, 5) is 45.4. The van der Waals surface area contributed by atoms with Crippen molar-refractivity contribution in [1.82, 2.24) is 34.6 Å². The first-order valence-corrected chi connectivity index (χ1v) is 13.8. The molecule has 1 amide bonds. The lowest BCUT2D eigenvalue weighted by Gasteiger charge is -2.38. The van der Waals surface area contributed by atoms with E-state index >= 15 is 0 Å². The summed E-state index contributed by atoms with van der Waals surface area (Å²) < 4.78 is 6.92. The Labute approximate surface area is 230 Å². The first-order chi connectivity index (χ1) is 18.8. The van der Waals surface area contributed by atoms with Gasteiger partial charge in [-0.25, -0.2) is 14.8 Å². The third-order valence-corrected chi connectivity index (χ3v) is 8.20. The Hall–Kier alpha value is -3.73. The van der Waals surface area contributed by atoms with Crippen LogP contribution in [0.3, 0.4) is 0 Å². The molecule has 1 aliphatic carbocycles. The molecule has 11 nitrogen and oxygen atoms in total. The minimum atomic E-state index is -0.694. The summed E-state index contributed by atoms with van der Waals surface area (Å²) >= 11 is 6.40. The Bertz CT molecular complexity index is 1590. The lowest BCUT2D eigenvalue weighted by Crippen LogP contribution is -2.54. The molecular weight excluding hydrogens is 520 g/mol. The van der Waals surface area contributed by atoms with Gasteiger partial charge in [-0.15, -0.1) is 0 Å². The Kier molecular flexibility index (Phi) is 6.62. The Morgan fingerprint density at radius 3 is 2.62 bits per heavy atom. The van der Waals surface area contributed by atoms with E-state index < -0.39 is 5.76 Å². The number of nitrogens with one attached hydrogen (secondary N) is 1. The number of benzene rings is 1. The van der Waals surface area contributed by atoms with Crippen molar-refractivity contribution in [3.63, 3.8) is 0 Å². The molecule has 4 heterocycles. The van der Waals surface area contributed by atoms with Crippen LogP contribution in [0.4, 0.5) is 5.95 Å². The minimum Gasteiger partial charge on any atom is -0.342 e. The number of piperazine rings is 1. The first kappa shape index (κ1) is 25.5. The van der Waals surface area contributed by atoms with Crippen molar-refractivity contribution in [2.75, 3.05) is 25.0 Å². The van der Waals surface area contributed by atoms with E-state index in [-0.39, 0.29) is 30.1 Å². The Balaban J connectivity index is 1.58. The highest BCUT2D eigenvalue weighted by Gasteiger charge is 2.33. The molecule has 12 heteroatoms. The largest absolute Gasteiger partial charge is 0.439 e. The third-order valence-electron chi connectivity index (χ3n) is 7.97. The van der Waals surface area contributed by atoms with E-state index in [1.54, 1.807) is 4.90 Å². The second-order valence-corrected chi connectivity index (χ2v) is 11.4. The number of likely N-dealkylation sites (N-methyl/N-ethyl adjacent to an activating group) is 1. The Morgan fingerprint density at radius 2 is 1.90 bits per heavy atom. The second kappa shape index (κ2) is 10.1. The zero-order valence-corrected chi connectivity index (χ0v) is 23.0. The van der Waals surface area contributed by atoms with Crippen molar-refractivity contribution in [3.05, 3.63) is 39.8 Å². The fraction of sp³-hybridized carbons (Fsp3) is 0.481. The van der Waals surface area contributed by atoms with Crippen LogP contribution in [0.25, 0.3) is 34.1 Å². The monoisotopic (exact) mass is 550 g/mol. The smallest absolute Gasteiger partial charge is 0.342 e. The van der Waals surface area contributed by atoms with Crippen LogP contribution < -0.4 is 10.7 Å². The van der Waals surface area contributed by atoms with Crippen molar-refractivity contribution < 1.29 is 9.32 Å². The second-order valence-electron chi connectivity index (χ2n) is 10.9. The molecule has 4 aromatic rings. The van der Waals surface area contributed by atoms with Crippen molar-refractivity contribution in [2.24, 2.45) is 11.8 Å². The summed E-state index contributed by atoms with van der Waals surface area (Å²) in [6.07, 6.45) is 4.64. The van der Waals surface area contributed by atoms with E-state index in [0.717, 1.165) is 36.4 Å². The molecule has 1 saturated carbocycles. The van der Waals surface area contributed by atoms with Gasteiger partial charge in [-0.05, 0) is 43.7 Å². The van der Waals surface area contributed by atoms with Gasteiger partial charge in [0.25, 0.3) is 0 Å². The molecular formula is C27H31ClN8O3. The standard InChI is InChI=1S/C27H31ClN8O3/c1-15-7-9-17(10-8-15)13-36-22-21(18-5-4-6-19(28)11-18)29-24(25-32-27(38)39-33-25)30-23(22)31-26(36)35-14-20(37)34(3)12-16(35)2/h4-6,11,15-17H,7-10,12-14H2,1-3H3,(H,32,33,38)/t15?,16-,17?/m1/s1. The number of rotatable bonds is 5. The molecule has 0 radical (unpaired) electrons. The van der Waals surface area contributed by atoms with Gasteiger partial charge in [0.05, 0.1) is 0 Å². The number of nitrogens with zero attached hydrogens (tertiary/aromatic N) is 7. The van der Waals surface area contributed by atoms with Gasteiger partial charge in [0.2, 0.25) is 23.5 Å². The number of carbonyl (C=O) groups is 1. The van der Waals surface area contributed by atoms with E-state index in [9.17, 15) is 9.59 Å². The topological polar surface area (TPSA) is 126 Å². The molecule has 204 valence electrons. The van der Waals surface area contributed by atoms with Crippen LogP contribution in [0.15, 0.2) is 33.6 Å². The van der Waals surface area contributed by atoms with Crippen LogP contribution in [0, 0.1) is 11.8 Å². The molecule has 6 rings (SSSR count). The van der Waals surface area contributed by atoms with E-state index in [0.29, 0.717) is 34.8 Å². The summed E-state index contributed by atoms with van der Waals surface area (Å²) in [5.74, 6) is 1.54. The lowest BCUT2D eigenvalue weighted by atomic mass is 9.83. The van der Waals surface area contributed by atoms with Gasteiger partial charge in [0.1, 0.15) is 17.8 Å². The maximum Gasteiger partial charge on any atom is 0.439 e. The molecule has 1 saturated heterocycles. The molecule has 39 heavy (non-hydrogen) atoms. The maximum atomic E-state index is 12.8. The number of H-pyrrole nitrogens is 1. The SMILES string of the molecule is CC1CCC(Cn2c(N3CC(=O)N(C)C[C@H]3C)nc3nc(-c4noc(=O)[nH]4)nc(-c4cccc(Cl)c4)c32)CC1. The number of hydrogen-bond donors (Lipinski definition) is 1. The zero-order valence-electron chi connectivity index (χ0n) is 22.2. The molecule has 0 spiro atoms. The molecule has 0 unspecified atom stereocenters.